The lowest BCUT2D eigenvalue weighted by Crippen LogP contribution is -2.59. The third-order valence-electron chi connectivity index (χ3n) is 2.55. The molecule has 0 saturated carbocycles. The molecule has 5 N–H and O–H groups in total. The molecule has 92 valence electrons. The lowest BCUT2D eigenvalue weighted by molar-refractivity contribution is -0.124. The van der Waals surface area contributed by atoms with Crippen LogP contribution < -0.4 is 21.7 Å². The van der Waals surface area contributed by atoms with E-state index in [9.17, 15) is 9.59 Å². The van der Waals surface area contributed by atoms with Crippen molar-refractivity contribution in [1.82, 2.24) is 16.0 Å². The summed E-state index contributed by atoms with van der Waals surface area (Å²) >= 11 is 0. The first-order valence-electron chi connectivity index (χ1n) is 5.54. The maximum atomic E-state index is 11.7. The van der Waals surface area contributed by atoms with Crippen molar-refractivity contribution < 1.29 is 9.59 Å². The number of primary amides is 1. The van der Waals surface area contributed by atoms with Gasteiger partial charge in [-0.15, -0.1) is 0 Å². The molecule has 0 aliphatic carbocycles. The first kappa shape index (κ1) is 12.9. The topological polar surface area (TPSA) is 96.2 Å². The Morgan fingerprint density at radius 3 is 2.62 bits per heavy atom. The van der Waals surface area contributed by atoms with Crippen molar-refractivity contribution in [2.45, 2.75) is 38.4 Å². The number of nitrogens with one attached hydrogen (secondary N) is 3. The molecule has 2 amide bonds. The molecule has 3 atom stereocenters. The van der Waals surface area contributed by atoms with Crippen molar-refractivity contribution in [2.24, 2.45) is 5.73 Å². The molecule has 1 fully saturated rings. The Labute approximate surface area is 95.3 Å². The summed E-state index contributed by atoms with van der Waals surface area (Å²) in [6.45, 7) is 5.19. The number of rotatable bonds is 4. The van der Waals surface area contributed by atoms with E-state index in [4.69, 9.17) is 5.73 Å². The third-order valence-corrected chi connectivity index (χ3v) is 2.55. The van der Waals surface area contributed by atoms with Gasteiger partial charge in [0.2, 0.25) is 11.8 Å². The number of hydrogen-bond donors (Lipinski definition) is 4. The van der Waals surface area contributed by atoms with E-state index in [1.54, 1.807) is 6.92 Å². The van der Waals surface area contributed by atoms with Crippen molar-refractivity contribution in [3.63, 3.8) is 0 Å². The zero-order valence-corrected chi connectivity index (χ0v) is 9.75. The van der Waals surface area contributed by atoms with E-state index < -0.39 is 5.91 Å². The first-order chi connectivity index (χ1) is 7.49. The molecule has 1 aliphatic heterocycles. The number of amides is 2. The average molecular weight is 228 g/mol. The van der Waals surface area contributed by atoms with Crippen LogP contribution in [-0.4, -0.2) is 43.0 Å². The largest absolute Gasteiger partial charge is 0.370 e. The van der Waals surface area contributed by atoms with Crippen LogP contribution in [0.5, 0.6) is 0 Å². The SMILES string of the molecule is CC1CNC(C(=O)NC(C)CC(N)=O)CN1. The molecule has 0 aromatic heterocycles. The van der Waals surface area contributed by atoms with Crippen LogP contribution in [0.4, 0.5) is 0 Å². The number of carbonyl (C=O) groups excluding carboxylic acids is 2. The summed E-state index contributed by atoms with van der Waals surface area (Å²) in [6.07, 6.45) is 0.169. The van der Waals surface area contributed by atoms with Gasteiger partial charge in [-0.25, -0.2) is 0 Å². The van der Waals surface area contributed by atoms with E-state index >= 15 is 0 Å². The summed E-state index contributed by atoms with van der Waals surface area (Å²) in [6, 6.07) is -0.0650. The average Bonchev–Trinajstić information content (AvgIpc) is 2.16. The highest BCUT2D eigenvalue weighted by molar-refractivity contribution is 5.83. The second-order valence-corrected chi connectivity index (χ2v) is 4.35. The van der Waals surface area contributed by atoms with Crippen LogP contribution >= 0.6 is 0 Å². The summed E-state index contributed by atoms with van der Waals surface area (Å²) < 4.78 is 0. The molecule has 6 heteroatoms. The maximum Gasteiger partial charge on any atom is 0.238 e. The third kappa shape index (κ3) is 4.16. The van der Waals surface area contributed by atoms with Gasteiger partial charge in [0.1, 0.15) is 0 Å². The van der Waals surface area contributed by atoms with Crippen LogP contribution in [0.2, 0.25) is 0 Å². The smallest absolute Gasteiger partial charge is 0.238 e. The van der Waals surface area contributed by atoms with Crippen molar-refractivity contribution >= 4 is 11.8 Å². The van der Waals surface area contributed by atoms with Crippen LogP contribution in [0.1, 0.15) is 20.3 Å². The van der Waals surface area contributed by atoms with Crippen molar-refractivity contribution in [3.8, 4) is 0 Å². The molecule has 0 aromatic rings. The Balaban J connectivity index is 2.32. The van der Waals surface area contributed by atoms with Gasteiger partial charge in [-0.05, 0) is 13.8 Å². The van der Waals surface area contributed by atoms with E-state index in [0.29, 0.717) is 12.6 Å². The summed E-state index contributed by atoms with van der Waals surface area (Å²) in [4.78, 5) is 22.4. The number of carbonyl (C=O) groups is 2. The van der Waals surface area contributed by atoms with Crippen molar-refractivity contribution in [2.75, 3.05) is 13.1 Å². The molecule has 16 heavy (non-hydrogen) atoms. The molecule has 0 radical (unpaired) electrons. The molecular weight excluding hydrogens is 208 g/mol. The Kier molecular flexibility index (Phi) is 4.70. The van der Waals surface area contributed by atoms with Crippen LogP contribution in [0.15, 0.2) is 0 Å². The van der Waals surface area contributed by atoms with Crippen molar-refractivity contribution in [3.05, 3.63) is 0 Å². The molecule has 0 aromatic carbocycles. The molecular formula is C10H20N4O2. The van der Waals surface area contributed by atoms with E-state index in [1.807, 2.05) is 0 Å². The van der Waals surface area contributed by atoms with Gasteiger partial charge in [0.25, 0.3) is 0 Å². The number of nitrogens with two attached hydrogens (primary N) is 1. The predicted octanol–water partition coefficient (Wildman–Crippen LogP) is -1.68. The van der Waals surface area contributed by atoms with E-state index in [1.165, 1.54) is 0 Å². The summed E-state index contributed by atoms with van der Waals surface area (Å²) in [5.41, 5.74) is 5.05. The maximum absolute atomic E-state index is 11.7. The van der Waals surface area contributed by atoms with Gasteiger partial charge in [-0.1, -0.05) is 0 Å². The van der Waals surface area contributed by atoms with Crippen LogP contribution in [0, 0.1) is 0 Å². The Morgan fingerprint density at radius 1 is 1.44 bits per heavy atom. The summed E-state index contributed by atoms with van der Waals surface area (Å²) in [7, 11) is 0. The predicted molar refractivity (Wildman–Crippen MR) is 60.7 cm³/mol. The Hall–Kier alpha value is -1.14. The van der Waals surface area contributed by atoms with Gasteiger partial charge in [0.05, 0.1) is 6.04 Å². The highest BCUT2D eigenvalue weighted by atomic mass is 16.2. The molecule has 0 spiro atoms. The first-order valence-corrected chi connectivity index (χ1v) is 5.54. The molecule has 1 aliphatic rings. The lowest BCUT2D eigenvalue weighted by atomic mass is 10.1. The fourth-order valence-corrected chi connectivity index (χ4v) is 1.66. The fourth-order valence-electron chi connectivity index (χ4n) is 1.66. The molecule has 3 unspecified atom stereocenters. The van der Waals surface area contributed by atoms with Crippen LogP contribution in [0.3, 0.4) is 0 Å². The minimum atomic E-state index is -0.406. The zero-order chi connectivity index (χ0) is 12.1. The molecule has 1 saturated heterocycles. The van der Waals surface area contributed by atoms with E-state index in [2.05, 4.69) is 22.9 Å². The van der Waals surface area contributed by atoms with Gasteiger partial charge in [0, 0.05) is 31.6 Å². The Bertz CT molecular complexity index is 262. The standard InChI is InChI=1S/C10H20N4O2/c1-6(3-9(11)15)14-10(16)8-5-12-7(2)4-13-8/h6-8,12-13H,3-5H2,1-2H3,(H2,11,15)(H,14,16). The molecule has 0 bridgehead atoms. The van der Waals surface area contributed by atoms with Gasteiger partial charge in [-0.2, -0.15) is 0 Å². The second kappa shape index (κ2) is 5.81. The normalized spacial score (nSPS) is 27.1. The monoisotopic (exact) mass is 228 g/mol. The van der Waals surface area contributed by atoms with Gasteiger partial charge < -0.3 is 21.7 Å². The second-order valence-electron chi connectivity index (χ2n) is 4.35. The molecule has 1 heterocycles. The summed E-state index contributed by atoms with van der Waals surface area (Å²) in [5, 5.41) is 9.10. The van der Waals surface area contributed by atoms with Crippen molar-refractivity contribution in [1.29, 1.82) is 0 Å². The number of hydrogen-bond acceptors (Lipinski definition) is 4. The molecule has 6 nitrogen and oxygen atoms in total. The highest BCUT2D eigenvalue weighted by Gasteiger charge is 2.24. The minimum absolute atomic E-state index is 0.0897. The van der Waals surface area contributed by atoms with Gasteiger partial charge >= 0.3 is 0 Å². The van der Waals surface area contributed by atoms with Crippen LogP contribution in [0.25, 0.3) is 0 Å². The number of piperazine rings is 1. The quantitative estimate of drug-likeness (QED) is 0.462. The highest BCUT2D eigenvalue weighted by Crippen LogP contribution is 1.95. The minimum Gasteiger partial charge on any atom is -0.370 e. The fraction of sp³-hybridized carbons (Fsp3) is 0.800. The zero-order valence-electron chi connectivity index (χ0n) is 9.75. The van der Waals surface area contributed by atoms with Gasteiger partial charge in [0.15, 0.2) is 0 Å². The summed E-state index contributed by atoms with van der Waals surface area (Å²) in [5.74, 6) is -0.496. The Morgan fingerprint density at radius 2 is 2.12 bits per heavy atom. The van der Waals surface area contributed by atoms with E-state index in [-0.39, 0.29) is 24.4 Å². The van der Waals surface area contributed by atoms with Crippen LogP contribution in [-0.2, 0) is 9.59 Å². The molecule has 1 rings (SSSR count). The van der Waals surface area contributed by atoms with Gasteiger partial charge in [-0.3, -0.25) is 9.59 Å². The lowest BCUT2D eigenvalue weighted by Gasteiger charge is -2.29. The van der Waals surface area contributed by atoms with E-state index in [0.717, 1.165) is 6.54 Å².